The molecule has 154 valence electrons. The molecule has 29 heavy (non-hydrogen) atoms. The first-order valence-electron chi connectivity index (χ1n) is 9.26. The molecule has 1 saturated heterocycles. The number of carbonyl (C=O) groups excluding carboxylic acids is 2. The number of likely N-dealkylation sites (N-methyl/N-ethyl adjacent to an activating group) is 1. The highest BCUT2D eigenvalue weighted by Crippen LogP contribution is 2.40. The predicted octanol–water partition coefficient (Wildman–Crippen LogP) is 1.67. The van der Waals surface area contributed by atoms with E-state index in [0.29, 0.717) is 28.8 Å². The van der Waals surface area contributed by atoms with Crippen molar-refractivity contribution in [1.29, 1.82) is 0 Å². The topological polar surface area (TPSA) is 88.9 Å². The number of rotatable bonds is 5. The van der Waals surface area contributed by atoms with Crippen molar-refractivity contribution in [2.24, 2.45) is 4.99 Å². The number of carbonyl (C=O) groups is 2. The Morgan fingerprint density at radius 3 is 2.76 bits per heavy atom. The van der Waals surface area contributed by atoms with Gasteiger partial charge < -0.3 is 19.6 Å². The number of hydrogen-bond donors (Lipinski definition) is 1. The van der Waals surface area contributed by atoms with Crippen LogP contribution in [0, 0.1) is 0 Å². The molecule has 0 radical (unpaired) electrons. The SMILES string of the molecule is COc1ccc(Cl)cc1N1C(C)=CN2C1=NC1C2C(=O)N(CCCO)C(=O)N1C. The van der Waals surface area contributed by atoms with Gasteiger partial charge in [-0.1, -0.05) is 11.6 Å². The number of amides is 3. The number of benzene rings is 1. The van der Waals surface area contributed by atoms with Crippen LogP contribution >= 0.6 is 11.6 Å². The average molecular weight is 420 g/mol. The minimum absolute atomic E-state index is 0.0956. The zero-order valence-corrected chi connectivity index (χ0v) is 17.1. The minimum Gasteiger partial charge on any atom is -0.495 e. The summed E-state index contributed by atoms with van der Waals surface area (Å²) in [6.45, 7) is 1.98. The van der Waals surface area contributed by atoms with Gasteiger partial charge in [-0.3, -0.25) is 14.6 Å². The summed E-state index contributed by atoms with van der Waals surface area (Å²) in [5.41, 5.74) is 1.55. The summed E-state index contributed by atoms with van der Waals surface area (Å²) in [6, 6.07) is 4.21. The average Bonchev–Trinajstić information content (AvgIpc) is 3.20. The molecule has 0 aromatic heterocycles. The van der Waals surface area contributed by atoms with Gasteiger partial charge in [0.05, 0.1) is 12.8 Å². The molecule has 0 bridgehead atoms. The number of nitrogens with zero attached hydrogens (tertiary/aromatic N) is 5. The third-order valence-electron chi connectivity index (χ3n) is 5.31. The van der Waals surface area contributed by atoms with Crippen LogP contribution in [-0.2, 0) is 4.79 Å². The minimum atomic E-state index is -0.656. The van der Waals surface area contributed by atoms with Crippen molar-refractivity contribution in [1.82, 2.24) is 14.7 Å². The molecule has 0 aliphatic carbocycles. The van der Waals surface area contributed by atoms with Crippen LogP contribution in [0.25, 0.3) is 0 Å². The number of aliphatic imine (C=N–C) groups is 1. The lowest BCUT2D eigenvalue weighted by atomic mass is 10.1. The fourth-order valence-electron chi connectivity index (χ4n) is 3.92. The molecule has 3 amide bonds. The van der Waals surface area contributed by atoms with Crippen molar-refractivity contribution >= 4 is 35.2 Å². The number of halogens is 1. The van der Waals surface area contributed by atoms with E-state index in [4.69, 9.17) is 26.4 Å². The van der Waals surface area contributed by atoms with E-state index >= 15 is 0 Å². The Morgan fingerprint density at radius 1 is 1.31 bits per heavy atom. The molecule has 2 atom stereocenters. The number of imide groups is 1. The van der Waals surface area contributed by atoms with Crippen molar-refractivity contribution in [2.75, 3.05) is 32.2 Å². The highest BCUT2D eigenvalue weighted by atomic mass is 35.5. The van der Waals surface area contributed by atoms with Gasteiger partial charge in [0.2, 0.25) is 5.96 Å². The van der Waals surface area contributed by atoms with Crippen molar-refractivity contribution in [3.05, 3.63) is 35.1 Å². The normalized spacial score (nSPS) is 23.3. The maximum Gasteiger partial charge on any atom is 0.328 e. The van der Waals surface area contributed by atoms with Crippen LogP contribution in [0.3, 0.4) is 0 Å². The van der Waals surface area contributed by atoms with E-state index in [0.717, 1.165) is 5.70 Å². The zero-order valence-electron chi connectivity index (χ0n) is 16.4. The number of aliphatic hydroxyl groups excluding tert-OH is 1. The zero-order chi connectivity index (χ0) is 20.9. The molecule has 3 heterocycles. The first-order chi connectivity index (χ1) is 13.9. The molecule has 0 saturated carbocycles. The second kappa shape index (κ2) is 7.23. The lowest BCUT2D eigenvalue weighted by molar-refractivity contribution is -0.136. The molecular formula is C19H22ClN5O4. The van der Waals surface area contributed by atoms with E-state index in [-0.39, 0.29) is 19.1 Å². The van der Waals surface area contributed by atoms with Gasteiger partial charge in [-0.05, 0) is 31.5 Å². The van der Waals surface area contributed by atoms with Crippen LogP contribution in [0.1, 0.15) is 13.3 Å². The third-order valence-corrected chi connectivity index (χ3v) is 5.54. The van der Waals surface area contributed by atoms with E-state index in [2.05, 4.69) is 0 Å². The Hall–Kier alpha value is -2.78. The first kappa shape index (κ1) is 19.5. The standard InChI is InChI=1S/C19H22ClN5O4/c1-11-10-24-15-16(22(2)19(28)23(17(15)27)7-4-8-26)21-18(24)25(11)13-9-12(20)5-6-14(13)29-3/h5-6,9-10,15-16,26H,4,7-8H2,1-3H3. The molecule has 3 aliphatic rings. The summed E-state index contributed by atoms with van der Waals surface area (Å²) in [5.74, 6) is 0.825. The molecule has 1 aromatic rings. The van der Waals surface area contributed by atoms with E-state index in [1.807, 2.05) is 18.0 Å². The predicted molar refractivity (Wildman–Crippen MR) is 108 cm³/mol. The quantitative estimate of drug-likeness (QED) is 0.781. The van der Waals surface area contributed by atoms with Crippen LogP contribution in [0.15, 0.2) is 35.1 Å². The van der Waals surface area contributed by atoms with Crippen LogP contribution in [0.4, 0.5) is 10.5 Å². The molecule has 3 aliphatic heterocycles. The molecular weight excluding hydrogens is 398 g/mol. The maximum absolute atomic E-state index is 13.1. The van der Waals surface area contributed by atoms with Crippen LogP contribution < -0.4 is 9.64 Å². The van der Waals surface area contributed by atoms with Gasteiger partial charge in [0.1, 0.15) is 5.75 Å². The third kappa shape index (κ3) is 2.92. The highest BCUT2D eigenvalue weighted by molar-refractivity contribution is 6.31. The van der Waals surface area contributed by atoms with Gasteiger partial charge in [-0.25, -0.2) is 9.79 Å². The van der Waals surface area contributed by atoms with Gasteiger partial charge >= 0.3 is 6.03 Å². The van der Waals surface area contributed by atoms with Crippen molar-refractivity contribution in [2.45, 2.75) is 25.6 Å². The number of allylic oxidation sites excluding steroid dienone is 1. The molecule has 9 nitrogen and oxygen atoms in total. The number of anilines is 1. The monoisotopic (exact) mass is 419 g/mol. The van der Waals surface area contributed by atoms with Crippen LogP contribution in [0.2, 0.25) is 5.02 Å². The molecule has 1 aromatic carbocycles. The summed E-state index contributed by atoms with van der Waals surface area (Å²) in [4.78, 5) is 36.8. The van der Waals surface area contributed by atoms with Crippen molar-refractivity contribution < 1.29 is 19.4 Å². The molecule has 1 N–H and O–H groups in total. The second-order valence-corrected chi connectivity index (χ2v) is 7.51. The Balaban J connectivity index is 1.73. The molecule has 1 fully saturated rings. The summed E-state index contributed by atoms with van der Waals surface area (Å²) < 4.78 is 5.48. The fraction of sp³-hybridized carbons (Fsp3) is 0.421. The maximum atomic E-state index is 13.1. The van der Waals surface area contributed by atoms with Gasteiger partial charge in [0, 0.05) is 37.1 Å². The summed E-state index contributed by atoms with van der Waals surface area (Å²) in [5, 5.41) is 9.65. The molecule has 2 unspecified atom stereocenters. The van der Waals surface area contributed by atoms with E-state index < -0.39 is 18.2 Å². The van der Waals surface area contributed by atoms with Crippen LogP contribution in [-0.4, -0.2) is 77.2 Å². The number of fused-ring (bicyclic) bond motifs is 3. The molecule has 0 spiro atoms. The number of ether oxygens (including phenoxy) is 1. The highest BCUT2D eigenvalue weighted by Gasteiger charge is 2.54. The van der Waals surface area contributed by atoms with Gasteiger partial charge in [0.25, 0.3) is 5.91 Å². The Bertz CT molecular complexity index is 933. The van der Waals surface area contributed by atoms with E-state index in [9.17, 15) is 9.59 Å². The lowest BCUT2D eigenvalue weighted by Gasteiger charge is -2.40. The van der Waals surface area contributed by atoms with Gasteiger partial charge in [-0.15, -0.1) is 0 Å². The molecule has 4 rings (SSSR count). The molecule has 10 heteroatoms. The van der Waals surface area contributed by atoms with Gasteiger partial charge in [-0.2, -0.15) is 0 Å². The Kier molecular flexibility index (Phi) is 4.87. The largest absolute Gasteiger partial charge is 0.495 e. The van der Waals surface area contributed by atoms with Crippen molar-refractivity contribution in [3.63, 3.8) is 0 Å². The number of methoxy groups -OCH3 is 1. The number of guanidine groups is 1. The Morgan fingerprint density at radius 2 is 2.07 bits per heavy atom. The number of hydrogen-bond acceptors (Lipinski definition) is 7. The summed E-state index contributed by atoms with van der Waals surface area (Å²) in [6.07, 6.45) is 1.54. The number of aliphatic hydroxyl groups is 1. The fourth-order valence-corrected chi connectivity index (χ4v) is 4.09. The van der Waals surface area contributed by atoms with Crippen molar-refractivity contribution in [3.8, 4) is 5.75 Å². The van der Waals surface area contributed by atoms with Gasteiger partial charge in [0.15, 0.2) is 12.2 Å². The summed E-state index contributed by atoms with van der Waals surface area (Å²) >= 11 is 6.21. The second-order valence-electron chi connectivity index (χ2n) is 7.08. The summed E-state index contributed by atoms with van der Waals surface area (Å²) in [7, 11) is 3.20. The van der Waals surface area contributed by atoms with Crippen LogP contribution in [0.5, 0.6) is 5.75 Å². The van der Waals surface area contributed by atoms with E-state index in [1.165, 1.54) is 9.80 Å². The Labute approximate surface area is 173 Å². The first-order valence-corrected chi connectivity index (χ1v) is 9.64. The smallest absolute Gasteiger partial charge is 0.328 e. The lowest BCUT2D eigenvalue weighted by Crippen LogP contribution is -2.64. The number of urea groups is 1. The van der Waals surface area contributed by atoms with E-state index in [1.54, 1.807) is 37.3 Å².